The van der Waals surface area contributed by atoms with Gasteiger partial charge in [-0.15, -0.1) is 0 Å². The largest absolute Gasteiger partial charge is 0.457 e. The maximum absolute atomic E-state index is 12.0. The summed E-state index contributed by atoms with van der Waals surface area (Å²) in [5, 5.41) is 9.41. The SMILES string of the molecule is CC/C=C\C/C=C\C/C=C\C/C=C\C/C=C\CCCC(=O)OC(CO)COCCCCCCCC. The van der Waals surface area contributed by atoms with Gasteiger partial charge in [-0.2, -0.15) is 0 Å². The molecule has 1 N–H and O–H groups in total. The molecule has 1 atom stereocenters. The van der Waals surface area contributed by atoms with E-state index in [1.165, 1.54) is 32.1 Å². The van der Waals surface area contributed by atoms with Gasteiger partial charge in [0, 0.05) is 13.0 Å². The van der Waals surface area contributed by atoms with E-state index in [4.69, 9.17) is 9.47 Å². The second kappa shape index (κ2) is 28.3. The molecule has 0 aromatic rings. The highest BCUT2D eigenvalue weighted by Crippen LogP contribution is 2.06. The second-order valence-electron chi connectivity index (χ2n) is 8.74. The van der Waals surface area contributed by atoms with Gasteiger partial charge in [0.05, 0.1) is 13.2 Å². The molecule has 0 saturated heterocycles. The first-order chi connectivity index (χ1) is 17.2. The molecule has 0 aromatic carbocycles. The maximum Gasteiger partial charge on any atom is 0.306 e. The van der Waals surface area contributed by atoms with Crippen molar-refractivity contribution in [3.05, 3.63) is 60.8 Å². The van der Waals surface area contributed by atoms with E-state index in [1.807, 2.05) is 0 Å². The fraction of sp³-hybridized carbons (Fsp3) is 0.645. The van der Waals surface area contributed by atoms with Crippen LogP contribution >= 0.6 is 0 Å². The third-order valence-corrected chi connectivity index (χ3v) is 5.36. The Labute approximate surface area is 215 Å². The molecule has 0 aromatic heterocycles. The number of ether oxygens (including phenoxy) is 2. The zero-order valence-electron chi connectivity index (χ0n) is 22.5. The molecule has 0 aliphatic heterocycles. The Morgan fingerprint density at radius 2 is 1.26 bits per heavy atom. The molecule has 0 saturated carbocycles. The Balaban J connectivity index is 3.67. The lowest BCUT2D eigenvalue weighted by Gasteiger charge is -2.15. The summed E-state index contributed by atoms with van der Waals surface area (Å²) in [7, 11) is 0. The van der Waals surface area contributed by atoms with Gasteiger partial charge < -0.3 is 14.6 Å². The van der Waals surface area contributed by atoms with Crippen LogP contribution in [0.25, 0.3) is 0 Å². The fourth-order valence-corrected chi connectivity index (χ4v) is 3.30. The van der Waals surface area contributed by atoms with Crippen molar-refractivity contribution in [2.45, 2.75) is 110 Å². The van der Waals surface area contributed by atoms with Gasteiger partial charge in [0.15, 0.2) is 0 Å². The Morgan fingerprint density at radius 3 is 1.83 bits per heavy atom. The highest BCUT2D eigenvalue weighted by molar-refractivity contribution is 5.69. The molecule has 0 bridgehead atoms. The monoisotopic (exact) mass is 488 g/mol. The second-order valence-corrected chi connectivity index (χ2v) is 8.74. The van der Waals surface area contributed by atoms with Crippen molar-refractivity contribution < 1.29 is 19.4 Å². The van der Waals surface area contributed by atoms with Crippen LogP contribution < -0.4 is 0 Å². The minimum absolute atomic E-state index is 0.197. The van der Waals surface area contributed by atoms with Crippen molar-refractivity contribution >= 4 is 5.97 Å². The van der Waals surface area contributed by atoms with Crippen molar-refractivity contribution in [2.24, 2.45) is 0 Å². The van der Waals surface area contributed by atoms with Crippen molar-refractivity contribution in [1.29, 1.82) is 0 Å². The quantitative estimate of drug-likeness (QED) is 0.0845. The van der Waals surface area contributed by atoms with E-state index in [0.29, 0.717) is 13.0 Å². The lowest BCUT2D eigenvalue weighted by molar-refractivity contribution is -0.154. The Hall–Kier alpha value is -1.91. The van der Waals surface area contributed by atoms with Gasteiger partial charge in [-0.1, -0.05) is 107 Å². The summed E-state index contributed by atoms with van der Waals surface area (Å²) in [5.74, 6) is -0.264. The van der Waals surface area contributed by atoms with E-state index in [9.17, 15) is 9.90 Å². The number of hydrogen-bond donors (Lipinski definition) is 1. The minimum Gasteiger partial charge on any atom is -0.457 e. The predicted molar refractivity (Wildman–Crippen MR) is 149 cm³/mol. The van der Waals surface area contributed by atoms with Crippen molar-refractivity contribution in [3.8, 4) is 0 Å². The number of rotatable bonds is 24. The van der Waals surface area contributed by atoms with Crippen LogP contribution in [0.1, 0.15) is 104 Å². The van der Waals surface area contributed by atoms with Crippen LogP contribution in [0.3, 0.4) is 0 Å². The number of hydrogen-bond acceptors (Lipinski definition) is 4. The van der Waals surface area contributed by atoms with E-state index in [0.717, 1.165) is 51.4 Å². The van der Waals surface area contributed by atoms with Gasteiger partial charge in [-0.05, 0) is 51.4 Å². The van der Waals surface area contributed by atoms with E-state index < -0.39 is 6.10 Å². The molecule has 0 aliphatic carbocycles. The lowest BCUT2D eigenvalue weighted by Crippen LogP contribution is -2.27. The maximum atomic E-state index is 12.0. The molecule has 1 unspecified atom stereocenters. The molecular weight excluding hydrogens is 436 g/mol. The predicted octanol–water partition coefficient (Wildman–Crippen LogP) is 8.19. The fourth-order valence-electron chi connectivity index (χ4n) is 3.30. The molecule has 0 aliphatic rings. The van der Waals surface area contributed by atoms with E-state index >= 15 is 0 Å². The summed E-state index contributed by atoms with van der Waals surface area (Å²) in [4.78, 5) is 12.0. The van der Waals surface area contributed by atoms with E-state index in [1.54, 1.807) is 0 Å². The molecule has 0 rings (SSSR count). The van der Waals surface area contributed by atoms with Crippen LogP contribution in [-0.2, 0) is 14.3 Å². The van der Waals surface area contributed by atoms with Crippen LogP contribution in [0.4, 0.5) is 0 Å². The highest BCUT2D eigenvalue weighted by atomic mass is 16.6. The lowest BCUT2D eigenvalue weighted by atomic mass is 10.1. The molecule has 0 amide bonds. The zero-order valence-corrected chi connectivity index (χ0v) is 22.5. The minimum atomic E-state index is -0.559. The van der Waals surface area contributed by atoms with Gasteiger partial charge in [0.1, 0.15) is 6.10 Å². The van der Waals surface area contributed by atoms with E-state index in [2.05, 4.69) is 74.6 Å². The molecule has 35 heavy (non-hydrogen) atoms. The molecule has 0 fully saturated rings. The van der Waals surface area contributed by atoms with E-state index in [-0.39, 0.29) is 19.2 Å². The molecule has 0 spiro atoms. The Morgan fingerprint density at radius 1 is 0.714 bits per heavy atom. The van der Waals surface area contributed by atoms with Crippen molar-refractivity contribution in [3.63, 3.8) is 0 Å². The summed E-state index contributed by atoms with van der Waals surface area (Å²) < 4.78 is 10.9. The normalized spacial score (nSPS) is 13.3. The number of unbranched alkanes of at least 4 members (excludes halogenated alkanes) is 6. The van der Waals surface area contributed by atoms with Crippen LogP contribution in [0, 0.1) is 0 Å². The van der Waals surface area contributed by atoms with Crippen LogP contribution in [-0.4, -0.2) is 37.0 Å². The first-order valence-electron chi connectivity index (χ1n) is 13.9. The molecule has 0 heterocycles. The molecule has 200 valence electrons. The number of carbonyl (C=O) groups excluding carboxylic acids is 1. The van der Waals surface area contributed by atoms with Crippen LogP contribution in [0.5, 0.6) is 0 Å². The number of carbonyl (C=O) groups is 1. The summed E-state index contributed by atoms with van der Waals surface area (Å²) in [6.07, 6.45) is 35.4. The first-order valence-corrected chi connectivity index (χ1v) is 13.9. The number of esters is 1. The topological polar surface area (TPSA) is 55.8 Å². The molecule has 4 heteroatoms. The standard InChI is InChI=1S/C31H52O4/c1-3-5-7-9-11-12-13-14-15-16-17-18-19-20-21-22-24-26-31(33)35-30(28-32)29-34-27-25-23-10-8-6-4-2/h5,7,11-12,14-15,17-18,20-21,30,32H,3-4,6,8-10,13,16,19,22-29H2,1-2H3/b7-5-,12-11-,15-14-,18-17-,21-20-. The zero-order chi connectivity index (χ0) is 25.7. The third-order valence-electron chi connectivity index (χ3n) is 5.36. The Bertz CT molecular complexity index is 601. The first kappa shape index (κ1) is 33.1. The third kappa shape index (κ3) is 26.5. The average molecular weight is 489 g/mol. The number of aliphatic hydroxyl groups excluding tert-OH is 1. The summed E-state index contributed by atoms with van der Waals surface area (Å²) in [6.45, 7) is 5.09. The molecular formula is C31H52O4. The number of allylic oxidation sites excluding steroid dienone is 10. The Kier molecular flexibility index (Phi) is 26.8. The summed E-state index contributed by atoms with van der Waals surface area (Å²) in [6, 6.07) is 0. The smallest absolute Gasteiger partial charge is 0.306 e. The van der Waals surface area contributed by atoms with Crippen LogP contribution in [0.15, 0.2) is 60.8 Å². The molecule has 4 nitrogen and oxygen atoms in total. The number of aliphatic hydroxyl groups is 1. The highest BCUT2D eigenvalue weighted by Gasteiger charge is 2.13. The summed E-state index contributed by atoms with van der Waals surface area (Å²) in [5.41, 5.74) is 0. The van der Waals surface area contributed by atoms with Gasteiger partial charge in [0.2, 0.25) is 0 Å². The van der Waals surface area contributed by atoms with Crippen molar-refractivity contribution in [2.75, 3.05) is 19.8 Å². The average Bonchev–Trinajstić information content (AvgIpc) is 2.86. The van der Waals surface area contributed by atoms with Crippen LogP contribution in [0.2, 0.25) is 0 Å². The van der Waals surface area contributed by atoms with Gasteiger partial charge in [-0.3, -0.25) is 4.79 Å². The van der Waals surface area contributed by atoms with Crippen molar-refractivity contribution in [1.82, 2.24) is 0 Å². The van der Waals surface area contributed by atoms with Gasteiger partial charge in [0.25, 0.3) is 0 Å². The molecule has 0 radical (unpaired) electrons. The van der Waals surface area contributed by atoms with Gasteiger partial charge in [-0.25, -0.2) is 0 Å². The van der Waals surface area contributed by atoms with Gasteiger partial charge >= 0.3 is 5.97 Å². The summed E-state index contributed by atoms with van der Waals surface area (Å²) >= 11 is 0.